The number of allylic oxidation sites excluding steroid dienone is 1. The molecule has 0 fully saturated rings. The second kappa shape index (κ2) is 4.12. The Kier molecular flexibility index (Phi) is 4.24. The average Bonchev–Trinajstić information content (AvgIpc) is 1.64. The Morgan fingerprint density at radius 1 is 1.56 bits per heavy atom. The van der Waals surface area contributed by atoms with Crippen LogP contribution in [0.1, 0.15) is 0 Å². The smallest absolute Gasteiger partial charge is 0.0522 e. The highest BCUT2D eigenvalue weighted by molar-refractivity contribution is 6.78. The van der Waals surface area contributed by atoms with Crippen molar-refractivity contribution in [3.05, 3.63) is 12.7 Å². The van der Waals surface area contributed by atoms with E-state index in [9.17, 15) is 0 Å². The van der Waals surface area contributed by atoms with Crippen molar-refractivity contribution in [1.82, 2.24) is 0 Å². The van der Waals surface area contributed by atoms with E-state index in [0.29, 0.717) is 0 Å². The van der Waals surface area contributed by atoms with Crippen LogP contribution in [0.3, 0.4) is 0 Å². The van der Waals surface area contributed by atoms with Crippen molar-refractivity contribution in [2.24, 2.45) is 0 Å². The van der Waals surface area contributed by atoms with E-state index in [2.05, 4.69) is 19.7 Å². The van der Waals surface area contributed by atoms with Gasteiger partial charge in [-0.2, -0.15) is 0 Å². The summed E-state index contributed by atoms with van der Waals surface area (Å²) in [7, 11) is -0.953. The number of rotatable bonds is 4. The fourth-order valence-electron chi connectivity index (χ4n) is 0.749. The maximum Gasteiger partial charge on any atom is 0.0522 e. The minimum Gasteiger partial charge on any atom is -0.127 e. The lowest BCUT2D eigenvalue weighted by atomic mass is 10.8. The molecule has 0 aromatic heterocycles. The third-order valence-corrected chi connectivity index (χ3v) is 4.97. The molecule has 54 valence electrons. The number of alkyl halides is 1. The molecule has 2 heteroatoms. The first-order chi connectivity index (χ1) is 4.12. The SMILES string of the molecule is C=CC[Si](C)(C)CCCl. The molecule has 9 heavy (non-hydrogen) atoms. The van der Waals surface area contributed by atoms with Crippen molar-refractivity contribution in [2.75, 3.05) is 5.88 Å². The molecular formula is C7H15ClSi. The first-order valence-electron chi connectivity index (χ1n) is 3.29. The van der Waals surface area contributed by atoms with Crippen molar-refractivity contribution < 1.29 is 0 Å². The summed E-state index contributed by atoms with van der Waals surface area (Å²) in [5, 5.41) is 0. The number of hydrogen-bond acceptors (Lipinski definition) is 0. The lowest BCUT2D eigenvalue weighted by Gasteiger charge is -2.17. The predicted molar refractivity (Wildman–Crippen MR) is 48.0 cm³/mol. The zero-order valence-corrected chi connectivity index (χ0v) is 8.04. The topological polar surface area (TPSA) is 0 Å². The molecule has 0 radical (unpaired) electrons. The standard InChI is InChI=1S/C7H15ClSi/c1-4-6-9(2,3)7-5-8/h4H,1,5-7H2,2-3H3. The Labute approximate surface area is 63.9 Å². The van der Waals surface area contributed by atoms with Crippen LogP contribution >= 0.6 is 11.6 Å². The molecule has 0 aliphatic carbocycles. The molecule has 0 amide bonds. The maximum absolute atomic E-state index is 5.62. The molecule has 0 aromatic carbocycles. The van der Waals surface area contributed by atoms with E-state index in [1.165, 1.54) is 12.1 Å². The summed E-state index contributed by atoms with van der Waals surface area (Å²) < 4.78 is 0. The Bertz CT molecular complexity index is 88.9. The van der Waals surface area contributed by atoms with Gasteiger partial charge in [-0.15, -0.1) is 18.2 Å². The van der Waals surface area contributed by atoms with Crippen LogP contribution in [-0.2, 0) is 0 Å². The molecule has 0 rings (SSSR count). The minimum atomic E-state index is -0.953. The summed E-state index contributed by atoms with van der Waals surface area (Å²) in [6, 6.07) is 2.40. The van der Waals surface area contributed by atoms with Gasteiger partial charge in [0.25, 0.3) is 0 Å². The van der Waals surface area contributed by atoms with Crippen molar-refractivity contribution in [2.45, 2.75) is 25.2 Å². The van der Waals surface area contributed by atoms with Crippen LogP contribution in [0.5, 0.6) is 0 Å². The van der Waals surface area contributed by atoms with E-state index in [-0.39, 0.29) is 0 Å². The van der Waals surface area contributed by atoms with Gasteiger partial charge in [0.15, 0.2) is 0 Å². The molecule has 0 unspecified atom stereocenters. The van der Waals surface area contributed by atoms with Gasteiger partial charge in [-0.3, -0.25) is 0 Å². The Morgan fingerprint density at radius 2 is 2.11 bits per heavy atom. The highest BCUT2D eigenvalue weighted by atomic mass is 35.5. The van der Waals surface area contributed by atoms with Crippen LogP contribution in [-0.4, -0.2) is 14.0 Å². The fourth-order valence-corrected chi connectivity index (χ4v) is 3.78. The van der Waals surface area contributed by atoms with Gasteiger partial charge < -0.3 is 0 Å². The van der Waals surface area contributed by atoms with Crippen LogP contribution in [0.25, 0.3) is 0 Å². The lowest BCUT2D eigenvalue weighted by Crippen LogP contribution is -2.24. The minimum absolute atomic E-state index is 0.813. The molecule has 0 aliphatic rings. The van der Waals surface area contributed by atoms with Crippen molar-refractivity contribution in [1.29, 1.82) is 0 Å². The molecule has 0 saturated heterocycles. The fraction of sp³-hybridized carbons (Fsp3) is 0.714. The molecule has 0 heterocycles. The Hall–Kier alpha value is 0.247. The molecular weight excluding hydrogens is 148 g/mol. The van der Waals surface area contributed by atoms with Gasteiger partial charge in [-0.05, 0) is 12.1 Å². The maximum atomic E-state index is 5.62. The second-order valence-electron chi connectivity index (χ2n) is 3.10. The van der Waals surface area contributed by atoms with E-state index >= 15 is 0 Å². The summed E-state index contributed by atoms with van der Waals surface area (Å²) in [5.41, 5.74) is 0. The number of halogens is 1. The molecule has 0 N–H and O–H groups in total. The summed E-state index contributed by atoms with van der Waals surface area (Å²) in [6.45, 7) is 8.41. The van der Waals surface area contributed by atoms with Crippen LogP contribution in [0.4, 0.5) is 0 Å². The molecule has 0 aromatic rings. The summed E-state index contributed by atoms with van der Waals surface area (Å²) in [6.07, 6.45) is 2.01. The van der Waals surface area contributed by atoms with Gasteiger partial charge >= 0.3 is 0 Å². The highest BCUT2D eigenvalue weighted by Crippen LogP contribution is 2.15. The van der Waals surface area contributed by atoms with Crippen LogP contribution < -0.4 is 0 Å². The van der Waals surface area contributed by atoms with Crippen molar-refractivity contribution in [3.63, 3.8) is 0 Å². The van der Waals surface area contributed by atoms with Gasteiger partial charge in [0.1, 0.15) is 0 Å². The quantitative estimate of drug-likeness (QED) is 0.339. The van der Waals surface area contributed by atoms with E-state index < -0.39 is 8.07 Å². The molecule has 0 atom stereocenters. The van der Waals surface area contributed by atoms with E-state index in [4.69, 9.17) is 11.6 Å². The zero-order valence-electron chi connectivity index (χ0n) is 6.28. The van der Waals surface area contributed by atoms with Crippen LogP contribution in [0.2, 0.25) is 25.2 Å². The van der Waals surface area contributed by atoms with E-state index in [1.54, 1.807) is 0 Å². The number of hydrogen-bond donors (Lipinski definition) is 0. The van der Waals surface area contributed by atoms with Crippen LogP contribution in [0.15, 0.2) is 12.7 Å². The summed E-state index contributed by atoms with van der Waals surface area (Å²) in [4.78, 5) is 0. The van der Waals surface area contributed by atoms with Gasteiger partial charge in [-0.25, -0.2) is 0 Å². The first-order valence-corrected chi connectivity index (χ1v) is 7.24. The largest absolute Gasteiger partial charge is 0.127 e. The second-order valence-corrected chi connectivity index (χ2v) is 8.71. The van der Waals surface area contributed by atoms with Crippen molar-refractivity contribution >= 4 is 19.7 Å². The predicted octanol–water partition coefficient (Wildman–Crippen LogP) is 3.12. The lowest BCUT2D eigenvalue weighted by molar-refractivity contribution is 1.32. The third-order valence-electron chi connectivity index (χ3n) is 1.47. The third kappa shape index (κ3) is 4.73. The summed E-state index contributed by atoms with van der Waals surface area (Å²) >= 11 is 5.62. The molecule has 0 aliphatic heterocycles. The van der Waals surface area contributed by atoms with E-state index in [1.807, 2.05) is 6.08 Å². The van der Waals surface area contributed by atoms with Crippen LogP contribution in [0, 0.1) is 0 Å². The zero-order chi connectivity index (χ0) is 7.33. The van der Waals surface area contributed by atoms with Crippen molar-refractivity contribution in [3.8, 4) is 0 Å². The van der Waals surface area contributed by atoms with Gasteiger partial charge in [-0.1, -0.05) is 19.2 Å². The molecule has 0 bridgehead atoms. The highest BCUT2D eigenvalue weighted by Gasteiger charge is 2.16. The average molecular weight is 163 g/mol. The normalized spacial score (nSPS) is 11.4. The molecule has 0 saturated carbocycles. The summed E-state index contributed by atoms with van der Waals surface area (Å²) in [5.74, 6) is 0.813. The van der Waals surface area contributed by atoms with Gasteiger partial charge in [0.2, 0.25) is 0 Å². The molecule has 0 spiro atoms. The van der Waals surface area contributed by atoms with Gasteiger partial charge in [0, 0.05) is 5.88 Å². The van der Waals surface area contributed by atoms with Gasteiger partial charge in [0.05, 0.1) is 8.07 Å². The van der Waals surface area contributed by atoms with E-state index in [0.717, 1.165) is 5.88 Å². The Morgan fingerprint density at radius 3 is 2.44 bits per heavy atom. The Balaban J connectivity index is 3.55. The molecule has 0 nitrogen and oxygen atoms in total. The monoisotopic (exact) mass is 162 g/mol. The first kappa shape index (κ1) is 9.25.